The highest BCUT2D eigenvalue weighted by atomic mass is 19.4. The molecule has 0 spiro atoms. The van der Waals surface area contributed by atoms with Gasteiger partial charge in [0.2, 0.25) is 0 Å². The van der Waals surface area contributed by atoms with Crippen molar-refractivity contribution in [3.05, 3.63) is 38.9 Å². The number of nitriles is 1. The summed E-state index contributed by atoms with van der Waals surface area (Å²) >= 11 is 0. The van der Waals surface area contributed by atoms with Gasteiger partial charge in [-0.15, -0.1) is 0 Å². The molecule has 0 N–H and O–H groups in total. The van der Waals surface area contributed by atoms with Crippen molar-refractivity contribution in [1.82, 2.24) is 0 Å². The van der Waals surface area contributed by atoms with E-state index in [9.17, 15) is 28.1 Å². The molecule has 20 heavy (non-hydrogen) atoms. The molecule has 0 aliphatic rings. The molecule has 0 atom stereocenters. The van der Waals surface area contributed by atoms with Gasteiger partial charge in [-0.3, -0.25) is 10.1 Å². The van der Waals surface area contributed by atoms with Crippen molar-refractivity contribution in [2.45, 2.75) is 13.1 Å². The van der Waals surface area contributed by atoms with Crippen LogP contribution in [0.4, 0.5) is 18.9 Å². The Balaban J connectivity index is 3.59. The van der Waals surface area contributed by atoms with Crippen LogP contribution in [0.15, 0.2) is 12.1 Å². The van der Waals surface area contributed by atoms with E-state index in [1.54, 1.807) is 0 Å². The summed E-state index contributed by atoms with van der Waals surface area (Å²) < 4.78 is 42.5. The second-order valence-corrected chi connectivity index (χ2v) is 3.50. The van der Waals surface area contributed by atoms with Crippen molar-refractivity contribution in [2.24, 2.45) is 0 Å². The molecule has 0 saturated heterocycles. The Bertz CT molecular complexity index is 605. The number of ether oxygens (including phenoxy) is 1. The van der Waals surface area contributed by atoms with E-state index in [0.717, 1.165) is 0 Å². The number of nitrogens with zero attached hydrogens (tertiary/aromatic N) is 2. The molecule has 1 aromatic carbocycles. The molecule has 0 amide bonds. The number of nitro benzene ring substituents is 1. The fourth-order valence-corrected chi connectivity index (χ4v) is 1.44. The van der Waals surface area contributed by atoms with Crippen LogP contribution >= 0.6 is 0 Å². The summed E-state index contributed by atoms with van der Waals surface area (Å²) in [7, 11) is 0. The van der Waals surface area contributed by atoms with Crippen molar-refractivity contribution >= 4 is 11.7 Å². The molecule has 1 rings (SSSR count). The van der Waals surface area contributed by atoms with Crippen LogP contribution in [0.25, 0.3) is 0 Å². The van der Waals surface area contributed by atoms with Gasteiger partial charge >= 0.3 is 12.1 Å². The summed E-state index contributed by atoms with van der Waals surface area (Å²) in [6.45, 7) is 1.32. The van der Waals surface area contributed by atoms with Crippen LogP contribution in [0.3, 0.4) is 0 Å². The number of rotatable bonds is 3. The van der Waals surface area contributed by atoms with Gasteiger partial charge in [0, 0.05) is 6.07 Å². The summed E-state index contributed by atoms with van der Waals surface area (Å²) in [5.74, 6) is -1.16. The number of halogens is 3. The summed E-state index contributed by atoms with van der Waals surface area (Å²) in [4.78, 5) is 21.1. The van der Waals surface area contributed by atoms with Crippen LogP contribution < -0.4 is 0 Å². The van der Waals surface area contributed by atoms with E-state index >= 15 is 0 Å². The Morgan fingerprint density at radius 2 is 2.10 bits per heavy atom. The quantitative estimate of drug-likeness (QED) is 0.484. The Morgan fingerprint density at radius 3 is 2.50 bits per heavy atom. The number of benzene rings is 1. The Kier molecular flexibility index (Phi) is 4.29. The minimum atomic E-state index is -4.94. The minimum Gasteiger partial charge on any atom is -0.462 e. The number of carbonyl (C=O) groups excluding carboxylic acids is 1. The largest absolute Gasteiger partial charge is 0.462 e. The van der Waals surface area contributed by atoms with Crippen LogP contribution in [0.5, 0.6) is 0 Å². The molecule has 6 nitrogen and oxygen atoms in total. The molecule has 0 saturated carbocycles. The first-order valence-electron chi connectivity index (χ1n) is 5.19. The standard InChI is InChI=1S/C11H7F3N2O4/c1-2-20-10(17)7-3-6(5-15)8(11(12,13)14)4-9(7)16(18)19/h3-4H,2H2,1H3. The predicted molar refractivity (Wildman–Crippen MR) is 58.8 cm³/mol. The van der Waals surface area contributed by atoms with Gasteiger partial charge in [0.15, 0.2) is 0 Å². The maximum absolute atomic E-state index is 12.7. The van der Waals surface area contributed by atoms with Gasteiger partial charge in [-0.25, -0.2) is 4.79 Å². The van der Waals surface area contributed by atoms with Crippen molar-refractivity contribution < 1.29 is 27.6 Å². The third kappa shape index (κ3) is 3.03. The van der Waals surface area contributed by atoms with Crippen LogP contribution in [0.2, 0.25) is 0 Å². The number of alkyl halides is 3. The molecule has 1 aromatic rings. The van der Waals surface area contributed by atoms with Crippen LogP contribution in [-0.4, -0.2) is 17.5 Å². The normalized spacial score (nSPS) is 10.8. The zero-order valence-electron chi connectivity index (χ0n) is 10.0. The van der Waals surface area contributed by atoms with Crippen molar-refractivity contribution in [1.29, 1.82) is 5.26 Å². The SMILES string of the molecule is CCOC(=O)c1cc(C#N)c(C(F)(F)F)cc1[N+](=O)[O-]. The predicted octanol–water partition coefficient (Wildman–Crippen LogP) is 2.66. The highest BCUT2D eigenvalue weighted by Gasteiger charge is 2.37. The van der Waals surface area contributed by atoms with E-state index in [2.05, 4.69) is 4.74 Å². The summed E-state index contributed by atoms with van der Waals surface area (Å²) in [5.41, 5.74) is -4.11. The second-order valence-electron chi connectivity index (χ2n) is 3.50. The highest BCUT2D eigenvalue weighted by molar-refractivity contribution is 5.94. The van der Waals surface area contributed by atoms with Gasteiger partial charge in [0.1, 0.15) is 5.56 Å². The molecular formula is C11H7F3N2O4. The summed E-state index contributed by atoms with van der Waals surface area (Å²) in [6, 6.07) is 1.93. The highest BCUT2D eigenvalue weighted by Crippen LogP contribution is 2.36. The first-order valence-corrected chi connectivity index (χ1v) is 5.19. The van der Waals surface area contributed by atoms with Gasteiger partial charge in [0.25, 0.3) is 5.69 Å². The molecule has 0 aromatic heterocycles. The lowest BCUT2D eigenvalue weighted by molar-refractivity contribution is -0.385. The van der Waals surface area contributed by atoms with Crippen LogP contribution in [0.1, 0.15) is 28.4 Å². The lowest BCUT2D eigenvalue weighted by atomic mass is 10.0. The summed E-state index contributed by atoms with van der Waals surface area (Å²) in [5, 5.41) is 19.4. The maximum Gasteiger partial charge on any atom is 0.417 e. The zero-order chi connectivity index (χ0) is 15.5. The molecule has 0 radical (unpaired) electrons. The number of hydrogen-bond donors (Lipinski definition) is 0. The van der Waals surface area contributed by atoms with E-state index in [-0.39, 0.29) is 12.7 Å². The lowest BCUT2D eigenvalue weighted by Gasteiger charge is -2.10. The fraction of sp³-hybridized carbons (Fsp3) is 0.273. The first-order chi connectivity index (χ1) is 9.22. The number of esters is 1. The van der Waals surface area contributed by atoms with E-state index < -0.39 is 39.4 Å². The van der Waals surface area contributed by atoms with E-state index in [1.807, 2.05) is 0 Å². The van der Waals surface area contributed by atoms with Crippen molar-refractivity contribution in [2.75, 3.05) is 6.61 Å². The molecule has 106 valence electrons. The topological polar surface area (TPSA) is 93.2 Å². The Labute approximate surface area is 110 Å². The number of carbonyl (C=O) groups is 1. The Morgan fingerprint density at radius 1 is 1.50 bits per heavy atom. The monoisotopic (exact) mass is 288 g/mol. The zero-order valence-corrected chi connectivity index (χ0v) is 10.0. The van der Waals surface area contributed by atoms with E-state index in [4.69, 9.17) is 5.26 Å². The van der Waals surface area contributed by atoms with Crippen molar-refractivity contribution in [3.8, 4) is 6.07 Å². The molecule has 0 bridgehead atoms. The van der Waals surface area contributed by atoms with Crippen LogP contribution in [-0.2, 0) is 10.9 Å². The number of nitro groups is 1. The average Bonchev–Trinajstić information content (AvgIpc) is 2.36. The maximum atomic E-state index is 12.7. The smallest absolute Gasteiger partial charge is 0.417 e. The number of hydrogen-bond acceptors (Lipinski definition) is 5. The van der Waals surface area contributed by atoms with Crippen molar-refractivity contribution in [3.63, 3.8) is 0 Å². The van der Waals surface area contributed by atoms with Gasteiger partial charge in [-0.05, 0) is 13.0 Å². The van der Waals surface area contributed by atoms with E-state index in [1.165, 1.54) is 13.0 Å². The average molecular weight is 288 g/mol. The molecular weight excluding hydrogens is 281 g/mol. The molecule has 0 aliphatic carbocycles. The molecule has 0 aliphatic heterocycles. The van der Waals surface area contributed by atoms with Gasteiger partial charge in [0.05, 0.1) is 28.7 Å². The molecule has 0 unspecified atom stereocenters. The van der Waals surface area contributed by atoms with Crippen LogP contribution in [0, 0.1) is 21.4 Å². The lowest BCUT2D eigenvalue weighted by Crippen LogP contribution is -2.13. The third-order valence-electron chi connectivity index (χ3n) is 2.25. The fourth-order valence-electron chi connectivity index (χ4n) is 1.44. The first kappa shape index (κ1) is 15.4. The van der Waals surface area contributed by atoms with Gasteiger partial charge in [-0.2, -0.15) is 18.4 Å². The minimum absolute atomic E-state index is 0.112. The van der Waals surface area contributed by atoms with Gasteiger partial charge in [-0.1, -0.05) is 0 Å². The summed E-state index contributed by atoms with van der Waals surface area (Å²) in [6.07, 6.45) is -4.94. The molecule has 0 heterocycles. The molecule has 0 fully saturated rings. The molecule has 9 heteroatoms. The Hall–Kier alpha value is -2.63. The van der Waals surface area contributed by atoms with E-state index in [0.29, 0.717) is 6.07 Å². The van der Waals surface area contributed by atoms with Gasteiger partial charge < -0.3 is 4.74 Å². The second kappa shape index (κ2) is 5.56. The third-order valence-corrected chi connectivity index (χ3v) is 2.25.